The number of halogens is 3. The quantitative estimate of drug-likeness (QED) is 0.858. The van der Waals surface area contributed by atoms with Crippen molar-refractivity contribution in [2.45, 2.75) is 51.0 Å². The molecule has 1 N–H and O–H groups in total. The molecule has 1 aliphatic heterocycles. The van der Waals surface area contributed by atoms with E-state index in [4.69, 9.17) is 11.6 Å². The number of anilines is 1. The van der Waals surface area contributed by atoms with E-state index in [-0.39, 0.29) is 18.3 Å². The summed E-state index contributed by atoms with van der Waals surface area (Å²) in [5.41, 5.74) is 2.29. The number of nitrogens with one attached hydrogen (secondary N) is 1. The second-order valence-electron chi connectivity index (χ2n) is 7.38. The van der Waals surface area contributed by atoms with Gasteiger partial charge in [-0.3, -0.25) is 4.98 Å². The van der Waals surface area contributed by atoms with Gasteiger partial charge in [0.25, 0.3) is 5.92 Å². The highest BCUT2D eigenvalue weighted by Crippen LogP contribution is 2.40. The largest absolute Gasteiger partial charge is 0.363 e. The van der Waals surface area contributed by atoms with E-state index in [1.165, 1.54) is 0 Å². The molecule has 2 aromatic rings. The van der Waals surface area contributed by atoms with E-state index in [1.807, 2.05) is 12.3 Å². The van der Waals surface area contributed by atoms with Crippen LogP contribution in [0.2, 0.25) is 5.02 Å². The highest BCUT2D eigenvalue weighted by molar-refractivity contribution is 6.31. The van der Waals surface area contributed by atoms with Crippen LogP contribution in [0.4, 0.5) is 14.5 Å². The maximum atomic E-state index is 14.5. The van der Waals surface area contributed by atoms with Crippen molar-refractivity contribution in [3.05, 3.63) is 47.0 Å². The van der Waals surface area contributed by atoms with Gasteiger partial charge in [0.15, 0.2) is 0 Å². The van der Waals surface area contributed by atoms with Gasteiger partial charge < -0.3 is 9.88 Å². The average Bonchev–Trinajstić information content (AvgIpc) is 3.07. The minimum atomic E-state index is -2.76. The minimum absolute atomic E-state index is 0.0553. The number of nitrogens with zero attached hydrogens (tertiary/aromatic N) is 2. The summed E-state index contributed by atoms with van der Waals surface area (Å²) in [7, 11) is 0. The first-order valence-electron chi connectivity index (χ1n) is 8.11. The molecule has 0 radical (unpaired) electrons. The van der Waals surface area contributed by atoms with Crippen molar-refractivity contribution in [2.24, 2.45) is 0 Å². The molecule has 130 valence electrons. The summed E-state index contributed by atoms with van der Waals surface area (Å²) in [5.74, 6) is -2.76. The monoisotopic (exact) mass is 353 g/mol. The third kappa shape index (κ3) is 3.27. The lowest BCUT2D eigenvalue weighted by atomic mass is 9.92. The molecule has 1 atom stereocenters. The molecule has 0 spiro atoms. The van der Waals surface area contributed by atoms with Gasteiger partial charge in [0.1, 0.15) is 0 Å². The number of aromatic amines is 1. The summed E-state index contributed by atoms with van der Waals surface area (Å²) < 4.78 is 29.0. The smallest absolute Gasteiger partial charge is 0.270 e. The molecule has 0 amide bonds. The van der Waals surface area contributed by atoms with E-state index in [0.717, 1.165) is 11.4 Å². The van der Waals surface area contributed by atoms with Crippen LogP contribution >= 0.6 is 11.6 Å². The molecule has 0 aromatic carbocycles. The zero-order chi connectivity index (χ0) is 17.5. The van der Waals surface area contributed by atoms with E-state index >= 15 is 0 Å². The van der Waals surface area contributed by atoms with Crippen LogP contribution in [0.25, 0.3) is 0 Å². The summed E-state index contributed by atoms with van der Waals surface area (Å²) in [5, 5.41) is 0.435. The molecule has 1 fully saturated rings. The summed E-state index contributed by atoms with van der Waals surface area (Å²) in [6, 6.07) is 4.43. The van der Waals surface area contributed by atoms with Crippen LogP contribution in [0.1, 0.15) is 38.6 Å². The van der Waals surface area contributed by atoms with Crippen molar-refractivity contribution in [3.63, 3.8) is 0 Å². The van der Waals surface area contributed by atoms with Crippen molar-refractivity contribution in [2.75, 3.05) is 11.4 Å². The van der Waals surface area contributed by atoms with Crippen LogP contribution < -0.4 is 4.90 Å². The van der Waals surface area contributed by atoms with Gasteiger partial charge >= 0.3 is 0 Å². The molecule has 1 unspecified atom stereocenters. The van der Waals surface area contributed by atoms with Crippen LogP contribution in [0.5, 0.6) is 0 Å². The van der Waals surface area contributed by atoms with Crippen molar-refractivity contribution >= 4 is 17.3 Å². The average molecular weight is 354 g/mol. The second kappa shape index (κ2) is 6.03. The first-order chi connectivity index (χ1) is 11.2. The SMILES string of the molecule is CC(C)(C)c1cc(N2CCC(F)(F)C2Cc2ncccc2Cl)c[nH]1. The second-order valence-corrected chi connectivity index (χ2v) is 7.79. The van der Waals surface area contributed by atoms with E-state index in [0.29, 0.717) is 17.3 Å². The zero-order valence-electron chi connectivity index (χ0n) is 14.1. The molecule has 3 nitrogen and oxygen atoms in total. The Morgan fingerprint density at radius 3 is 2.79 bits per heavy atom. The summed E-state index contributed by atoms with van der Waals surface area (Å²) in [6.45, 7) is 6.59. The first kappa shape index (κ1) is 17.2. The van der Waals surface area contributed by atoms with E-state index < -0.39 is 12.0 Å². The molecule has 1 saturated heterocycles. The van der Waals surface area contributed by atoms with Crippen LogP contribution in [-0.2, 0) is 11.8 Å². The Morgan fingerprint density at radius 1 is 1.42 bits per heavy atom. The number of hydrogen-bond donors (Lipinski definition) is 1. The van der Waals surface area contributed by atoms with E-state index in [2.05, 4.69) is 30.7 Å². The fourth-order valence-corrected chi connectivity index (χ4v) is 3.32. The van der Waals surface area contributed by atoms with Gasteiger partial charge in [-0.05, 0) is 18.2 Å². The van der Waals surface area contributed by atoms with Crippen LogP contribution in [-0.4, -0.2) is 28.5 Å². The Balaban J connectivity index is 1.90. The minimum Gasteiger partial charge on any atom is -0.363 e. The van der Waals surface area contributed by atoms with Crippen molar-refractivity contribution in [3.8, 4) is 0 Å². The lowest BCUT2D eigenvalue weighted by molar-refractivity contribution is -0.00696. The van der Waals surface area contributed by atoms with Crippen molar-refractivity contribution in [1.82, 2.24) is 9.97 Å². The number of H-pyrrole nitrogens is 1. The maximum Gasteiger partial charge on any atom is 0.270 e. The number of hydrogen-bond acceptors (Lipinski definition) is 2. The van der Waals surface area contributed by atoms with Crippen LogP contribution in [0, 0.1) is 0 Å². The van der Waals surface area contributed by atoms with Crippen LogP contribution in [0.3, 0.4) is 0 Å². The first-order valence-corrected chi connectivity index (χ1v) is 8.49. The fourth-order valence-electron chi connectivity index (χ4n) is 3.12. The Kier molecular flexibility index (Phi) is 4.32. The predicted octanol–water partition coefficient (Wildman–Crippen LogP) is 4.82. The normalized spacial score (nSPS) is 20.6. The topological polar surface area (TPSA) is 31.9 Å². The molecule has 1 aliphatic rings. The van der Waals surface area contributed by atoms with Gasteiger partial charge in [0.2, 0.25) is 0 Å². The molecule has 2 aromatic heterocycles. The third-order valence-electron chi connectivity index (χ3n) is 4.58. The fraction of sp³-hybridized carbons (Fsp3) is 0.500. The van der Waals surface area contributed by atoms with Crippen LogP contribution in [0.15, 0.2) is 30.6 Å². The van der Waals surface area contributed by atoms with Gasteiger partial charge in [-0.1, -0.05) is 32.4 Å². The standard InChI is InChI=1S/C18H22ClF2N3/c1-17(2,3)15-9-12(11-23-15)24-8-6-18(20,21)16(24)10-14-13(19)5-4-7-22-14/h4-5,7,9,11,16,23H,6,8,10H2,1-3H3. The van der Waals surface area contributed by atoms with Crippen molar-refractivity contribution < 1.29 is 8.78 Å². The van der Waals surface area contributed by atoms with Gasteiger partial charge in [0, 0.05) is 42.9 Å². The predicted molar refractivity (Wildman–Crippen MR) is 93.1 cm³/mol. The van der Waals surface area contributed by atoms with E-state index in [1.54, 1.807) is 23.2 Å². The Bertz CT molecular complexity index is 721. The lowest BCUT2D eigenvalue weighted by Gasteiger charge is -2.28. The van der Waals surface area contributed by atoms with Gasteiger partial charge in [0.05, 0.1) is 22.4 Å². The van der Waals surface area contributed by atoms with E-state index in [9.17, 15) is 8.78 Å². The molecule has 24 heavy (non-hydrogen) atoms. The molecular formula is C18H22ClF2N3. The molecule has 0 aliphatic carbocycles. The Hall–Kier alpha value is -1.62. The van der Waals surface area contributed by atoms with Crippen molar-refractivity contribution in [1.29, 1.82) is 0 Å². The Labute approximate surface area is 146 Å². The maximum absolute atomic E-state index is 14.5. The van der Waals surface area contributed by atoms with Gasteiger partial charge in [-0.25, -0.2) is 8.78 Å². The molecule has 6 heteroatoms. The highest BCUT2D eigenvalue weighted by Gasteiger charge is 2.49. The van der Waals surface area contributed by atoms with Gasteiger partial charge in [-0.15, -0.1) is 0 Å². The summed E-state index contributed by atoms with van der Waals surface area (Å²) in [4.78, 5) is 9.17. The highest BCUT2D eigenvalue weighted by atomic mass is 35.5. The molecule has 3 rings (SSSR count). The summed E-state index contributed by atoms with van der Waals surface area (Å²) in [6.07, 6.45) is 3.38. The number of rotatable bonds is 3. The number of alkyl halides is 2. The molecular weight excluding hydrogens is 332 g/mol. The zero-order valence-corrected chi connectivity index (χ0v) is 14.9. The lowest BCUT2D eigenvalue weighted by Crippen LogP contribution is -2.41. The number of pyridine rings is 1. The number of aromatic nitrogens is 2. The molecule has 3 heterocycles. The molecule has 0 bridgehead atoms. The van der Waals surface area contributed by atoms with Gasteiger partial charge in [-0.2, -0.15) is 0 Å². The third-order valence-corrected chi connectivity index (χ3v) is 4.92. The Morgan fingerprint density at radius 2 is 2.17 bits per heavy atom. The molecule has 0 saturated carbocycles. The summed E-state index contributed by atoms with van der Waals surface area (Å²) >= 11 is 6.12.